The molecule has 0 atom stereocenters. The average Bonchev–Trinajstić information content (AvgIpc) is 2.32. The molecule has 2 aromatic rings. The van der Waals surface area contributed by atoms with E-state index < -0.39 is 5.91 Å². The zero-order chi connectivity index (χ0) is 13.1. The first-order valence-corrected chi connectivity index (χ1v) is 5.81. The number of carbonyl (C=O) groups is 1. The first-order chi connectivity index (χ1) is 8.56. The molecule has 0 aliphatic carbocycles. The number of carbonyl (C=O) groups excluding carboxylic acids is 1. The van der Waals surface area contributed by atoms with Gasteiger partial charge in [0.25, 0.3) is 5.91 Å². The van der Waals surface area contributed by atoms with E-state index in [1.165, 1.54) is 18.3 Å². The maximum Gasteiger partial charge on any atom is 0.260 e. The highest BCUT2D eigenvalue weighted by Gasteiger charge is 2.13. The summed E-state index contributed by atoms with van der Waals surface area (Å²) >= 11 is 17.2. The van der Waals surface area contributed by atoms with Crippen LogP contribution in [0.5, 0.6) is 0 Å². The van der Waals surface area contributed by atoms with Crippen molar-refractivity contribution >= 4 is 46.5 Å². The van der Waals surface area contributed by atoms with Gasteiger partial charge in [0.2, 0.25) is 0 Å². The molecule has 0 bridgehead atoms. The molecule has 0 aliphatic heterocycles. The highest BCUT2D eigenvalue weighted by molar-refractivity contribution is 6.34. The molecule has 2 heterocycles. The lowest BCUT2D eigenvalue weighted by Crippen LogP contribution is -2.14. The van der Waals surface area contributed by atoms with Gasteiger partial charge >= 0.3 is 0 Å². The topological polar surface area (TPSA) is 67.8 Å². The number of rotatable bonds is 2. The van der Waals surface area contributed by atoms with Crippen molar-refractivity contribution in [2.75, 3.05) is 5.32 Å². The zero-order valence-electron chi connectivity index (χ0n) is 8.69. The van der Waals surface area contributed by atoms with Gasteiger partial charge in [-0.1, -0.05) is 34.8 Å². The molecule has 92 valence electrons. The number of aromatic nitrogens is 3. The molecule has 2 aromatic heterocycles. The fourth-order valence-corrected chi connectivity index (χ4v) is 1.65. The van der Waals surface area contributed by atoms with Gasteiger partial charge in [-0.3, -0.25) is 4.79 Å². The van der Waals surface area contributed by atoms with Crippen molar-refractivity contribution in [2.24, 2.45) is 0 Å². The molecule has 0 saturated heterocycles. The number of nitrogens with one attached hydrogen (secondary N) is 1. The lowest BCUT2D eigenvalue weighted by atomic mass is 10.3. The van der Waals surface area contributed by atoms with Crippen LogP contribution >= 0.6 is 34.8 Å². The average molecular weight is 304 g/mol. The minimum absolute atomic E-state index is 0.0427. The summed E-state index contributed by atoms with van der Waals surface area (Å²) in [6.45, 7) is 0. The minimum Gasteiger partial charge on any atom is -0.306 e. The minimum atomic E-state index is -0.494. The summed E-state index contributed by atoms with van der Waals surface area (Å²) in [6.07, 6.45) is 1.47. The smallest absolute Gasteiger partial charge is 0.260 e. The Balaban J connectivity index is 2.24. The van der Waals surface area contributed by atoms with Gasteiger partial charge in [-0.2, -0.15) is 0 Å². The summed E-state index contributed by atoms with van der Waals surface area (Å²) in [4.78, 5) is 15.8. The molecule has 0 unspecified atom stereocenters. The monoisotopic (exact) mass is 302 g/mol. The van der Waals surface area contributed by atoms with Gasteiger partial charge in [0.05, 0.1) is 5.56 Å². The molecule has 0 aliphatic rings. The number of pyridine rings is 1. The van der Waals surface area contributed by atoms with Crippen LogP contribution in [0.15, 0.2) is 24.4 Å². The van der Waals surface area contributed by atoms with Crippen molar-refractivity contribution < 1.29 is 4.79 Å². The summed E-state index contributed by atoms with van der Waals surface area (Å²) in [6, 6.07) is 4.41. The quantitative estimate of drug-likeness (QED) is 0.925. The molecular weight excluding hydrogens is 298 g/mol. The summed E-state index contributed by atoms with van der Waals surface area (Å²) in [5.74, 6) is -0.192. The van der Waals surface area contributed by atoms with Crippen LogP contribution in [-0.4, -0.2) is 21.1 Å². The van der Waals surface area contributed by atoms with Crippen molar-refractivity contribution in [3.05, 3.63) is 45.3 Å². The highest BCUT2D eigenvalue weighted by atomic mass is 35.5. The van der Waals surface area contributed by atoms with Crippen LogP contribution in [-0.2, 0) is 0 Å². The Morgan fingerprint density at radius 3 is 2.67 bits per heavy atom. The fraction of sp³-hybridized carbons (Fsp3) is 0. The van der Waals surface area contributed by atoms with Gasteiger partial charge < -0.3 is 5.32 Å². The van der Waals surface area contributed by atoms with E-state index in [0.29, 0.717) is 10.8 Å². The summed E-state index contributed by atoms with van der Waals surface area (Å²) < 4.78 is 0. The molecule has 2 rings (SSSR count). The van der Waals surface area contributed by atoms with Crippen molar-refractivity contribution in [2.45, 2.75) is 0 Å². The second-order valence-corrected chi connectivity index (χ2v) is 4.37. The third-order valence-electron chi connectivity index (χ3n) is 1.93. The second-order valence-electron chi connectivity index (χ2n) is 3.18. The number of hydrogen-bond donors (Lipinski definition) is 1. The lowest BCUT2D eigenvalue weighted by molar-refractivity contribution is 0.102. The molecule has 0 radical (unpaired) electrons. The van der Waals surface area contributed by atoms with Gasteiger partial charge in [0.15, 0.2) is 10.3 Å². The fourth-order valence-electron chi connectivity index (χ4n) is 1.17. The van der Waals surface area contributed by atoms with Crippen molar-refractivity contribution in [3.63, 3.8) is 0 Å². The Bertz CT molecular complexity index is 605. The third kappa shape index (κ3) is 3.07. The Labute approximate surface area is 117 Å². The van der Waals surface area contributed by atoms with Gasteiger partial charge in [-0.05, 0) is 18.2 Å². The van der Waals surface area contributed by atoms with Gasteiger partial charge in [0, 0.05) is 11.2 Å². The Morgan fingerprint density at radius 2 is 1.94 bits per heavy atom. The Hall–Kier alpha value is -1.43. The van der Waals surface area contributed by atoms with E-state index in [-0.39, 0.29) is 15.9 Å². The summed E-state index contributed by atoms with van der Waals surface area (Å²) in [5, 5.41) is 10.1. The molecule has 8 heteroatoms. The van der Waals surface area contributed by atoms with E-state index in [0.717, 1.165) is 0 Å². The van der Waals surface area contributed by atoms with E-state index in [1.54, 1.807) is 6.07 Å². The zero-order valence-corrected chi connectivity index (χ0v) is 11.0. The van der Waals surface area contributed by atoms with Crippen LogP contribution < -0.4 is 5.32 Å². The normalized spacial score (nSPS) is 10.2. The molecule has 1 N–H and O–H groups in total. The number of nitrogens with zero attached hydrogens (tertiary/aromatic N) is 3. The van der Waals surface area contributed by atoms with Crippen LogP contribution in [0, 0.1) is 0 Å². The maximum absolute atomic E-state index is 11.9. The predicted octanol–water partition coefficient (Wildman–Crippen LogP) is 3.08. The Morgan fingerprint density at radius 1 is 1.17 bits per heavy atom. The second kappa shape index (κ2) is 5.48. The van der Waals surface area contributed by atoms with Crippen LogP contribution in [0.4, 0.5) is 5.82 Å². The number of halogens is 3. The largest absolute Gasteiger partial charge is 0.306 e. The standard InChI is InChI=1S/C10H5Cl3N4O/c11-5-1-2-14-8(3-5)15-10(18)6-4-7(12)16-17-9(6)13/h1-4H,(H,14,15,18). The summed E-state index contributed by atoms with van der Waals surface area (Å²) in [7, 11) is 0. The predicted molar refractivity (Wildman–Crippen MR) is 69.3 cm³/mol. The van der Waals surface area contributed by atoms with Crippen LogP contribution in [0.25, 0.3) is 0 Å². The van der Waals surface area contributed by atoms with Gasteiger partial charge in [-0.15, -0.1) is 10.2 Å². The third-order valence-corrected chi connectivity index (χ3v) is 2.63. The molecule has 5 nitrogen and oxygen atoms in total. The summed E-state index contributed by atoms with van der Waals surface area (Å²) in [5.41, 5.74) is 0.110. The first kappa shape index (κ1) is 13.0. The molecule has 18 heavy (non-hydrogen) atoms. The SMILES string of the molecule is O=C(Nc1cc(Cl)ccn1)c1cc(Cl)nnc1Cl. The van der Waals surface area contributed by atoms with Gasteiger partial charge in [0.1, 0.15) is 5.82 Å². The lowest BCUT2D eigenvalue weighted by Gasteiger charge is -2.05. The van der Waals surface area contributed by atoms with E-state index in [1.807, 2.05) is 0 Å². The van der Waals surface area contributed by atoms with E-state index in [4.69, 9.17) is 34.8 Å². The van der Waals surface area contributed by atoms with Crippen LogP contribution in [0.2, 0.25) is 15.3 Å². The van der Waals surface area contributed by atoms with Crippen molar-refractivity contribution in [1.29, 1.82) is 0 Å². The molecular formula is C10H5Cl3N4O. The van der Waals surface area contributed by atoms with Crippen molar-refractivity contribution in [3.8, 4) is 0 Å². The van der Waals surface area contributed by atoms with E-state index in [9.17, 15) is 4.79 Å². The number of anilines is 1. The molecule has 0 spiro atoms. The van der Waals surface area contributed by atoms with Crippen LogP contribution in [0.3, 0.4) is 0 Å². The molecule has 0 saturated carbocycles. The first-order valence-electron chi connectivity index (χ1n) is 4.68. The number of hydrogen-bond acceptors (Lipinski definition) is 4. The van der Waals surface area contributed by atoms with Crippen molar-refractivity contribution in [1.82, 2.24) is 15.2 Å². The Kier molecular flexibility index (Phi) is 3.96. The molecule has 1 amide bonds. The number of amides is 1. The highest BCUT2D eigenvalue weighted by Crippen LogP contribution is 2.18. The van der Waals surface area contributed by atoms with E-state index >= 15 is 0 Å². The van der Waals surface area contributed by atoms with E-state index in [2.05, 4.69) is 20.5 Å². The van der Waals surface area contributed by atoms with Gasteiger partial charge in [-0.25, -0.2) is 4.98 Å². The maximum atomic E-state index is 11.9. The molecule has 0 aromatic carbocycles. The van der Waals surface area contributed by atoms with Crippen LogP contribution in [0.1, 0.15) is 10.4 Å². The molecule has 0 fully saturated rings.